The van der Waals surface area contributed by atoms with Gasteiger partial charge in [0.25, 0.3) is 0 Å². The maximum Gasteiger partial charge on any atom is 0.338 e. The van der Waals surface area contributed by atoms with Gasteiger partial charge in [-0.1, -0.05) is 40.9 Å². The normalized spacial score (nSPS) is 11.8. The molecule has 174 valence electrons. The predicted molar refractivity (Wildman–Crippen MR) is 132 cm³/mol. The fourth-order valence-electron chi connectivity index (χ4n) is 3.59. The second-order valence-corrected chi connectivity index (χ2v) is 8.50. The summed E-state index contributed by atoms with van der Waals surface area (Å²) < 4.78 is 16.6. The third-order valence-corrected chi connectivity index (χ3v) is 6.17. The largest absolute Gasteiger partial charge is 0.497 e. The summed E-state index contributed by atoms with van der Waals surface area (Å²) in [5.41, 5.74) is 2.23. The second kappa shape index (κ2) is 10.5. The molecule has 0 saturated heterocycles. The van der Waals surface area contributed by atoms with Gasteiger partial charge in [0.05, 0.1) is 29.8 Å². The van der Waals surface area contributed by atoms with Crippen molar-refractivity contribution in [3.8, 4) is 11.5 Å². The minimum absolute atomic E-state index is 0.214. The van der Waals surface area contributed by atoms with Gasteiger partial charge in [-0.15, -0.1) is 0 Å². The number of esters is 1. The van der Waals surface area contributed by atoms with Crippen LogP contribution < -0.4 is 9.47 Å². The molecule has 0 fully saturated rings. The highest BCUT2D eigenvalue weighted by Crippen LogP contribution is 2.37. The van der Waals surface area contributed by atoms with E-state index in [1.807, 2.05) is 12.1 Å². The first-order valence-electron chi connectivity index (χ1n) is 10.2. The summed E-state index contributed by atoms with van der Waals surface area (Å²) in [6, 6.07) is 13.7. The smallest absolute Gasteiger partial charge is 0.338 e. The van der Waals surface area contributed by atoms with Gasteiger partial charge in [0, 0.05) is 29.8 Å². The zero-order chi connectivity index (χ0) is 24.2. The number of hydrogen-bond acceptors (Lipinski definition) is 6. The van der Waals surface area contributed by atoms with E-state index in [9.17, 15) is 4.79 Å². The van der Waals surface area contributed by atoms with Gasteiger partial charge in [-0.3, -0.25) is 4.98 Å². The van der Waals surface area contributed by atoms with E-state index < -0.39 is 12.1 Å². The molecule has 0 N–H and O–H groups in total. The summed E-state index contributed by atoms with van der Waals surface area (Å²) in [7, 11) is 3.11. The number of carbonyl (C=O) groups is 1. The van der Waals surface area contributed by atoms with Crippen LogP contribution in [0.3, 0.4) is 0 Å². The van der Waals surface area contributed by atoms with Gasteiger partial charge in [0.15, 0.2) is 0 Å². The van der Waals surface area contributed by atoms with E-state index in [1.165, 1.54) is 12.4 Å². The minimum Gasteiger partial charge on any atom is -0.497 e. The van der Waals surface area contributed by atoms with Crippen LogP contribution in [0.1, 0.15) is 27.6 Å². The summed E-state index contributed by atoms with van der Waals surface area (Å²) in [5, 5.41) is 1.78. The lowest BCUT2D eigenvalue weighted by molar-refractivity contribution is 0.0300. The number of methoxy groups -OCH3 is 2. The zero-order valence-corrected chi connectivity index (χ0v) is 20.5. The molecule has 34 heavy (non-hydrogen) atoms. The van der Waals surface area contributed by atoms with Crippen LogP contribution >= 0.6 is 34.8 Å². The summed E-state index contributed by atoms with van der Waals surface area (Å²) >= 11 is 18.9. The molecule has 0 radical (unpaired) electrons. The highest BCUT2D eigenvalue weighted by molar-refractivity contribution is 6.35. The van der Waals surface area contributed by atoms with Gasteiger partial charge in [0.1, 0.15) is 28.3 Å². The maximum absolute atomic E-state index is 13.1. The van der Waals surface area contributed by atoms with Gasteiger partial charge in [0.2, 0.25) is 0 Å². The Labute approximate surface area is 211 Å². The molecular formula is C25H19Cl3N2O4. The Bertz CT molecular complexity index is 1330. The van der Waals surface area contributed by atoms with Crippen molar-refractivity contribution in [3.05, 3.63) is 92.8 Å². The van der Waals surface area contributed by atoms with Crippen molar-refractivity contribution in [1.82, 2.24) is 9.97 Å². The number of hydrogen-bond donors (Lipinski definition) is 0. The van der Waals surface area contributed by atoms with Crippen molar-refractivity contribution in [3.63, 3.8) is 0 Å². The van der Waals surface area contributed by atoms with E-state index in [-0.39, 0.29) is 6.42 Å². The van der Waals surface area contributed by atoms with Crippen LogP contribution in [0.25, 0.3) is 10.9 Å². The Balaban J connectivity index is 1.80. The Kier molecular flexibility index (Phi) is 7.41. The average Bonchev–Trinajstić information content (AvgIpc) is 2.84. The first-order chi connectivity index (χ1) is 16.4. The van der Waals surface area contributed by atoms with Crippen LogP contribution in [0.4, 0.5) is 0 Å². The number of halogens is 3. The lowest BCUT2D eigenvalue weighted by Gasteiger charge is -2.22. The SMILES string of the molecule is COc1ccc(C(=O)OC(Cc2c(Cl)cncc2Cl)c2ccc(OC)c3nc(Cl)ccc23)cc1. The van der Waals surface area contributed by atoms with Crippen LogP contribution in [0.2, 0.25) is 15.2 Å². The number of fused-ring (bicyclic) bond motifs is 1. The molecule has 0 spiro atoms. The number of aromatic nitrogens is 2. The molecule has 2 aromatic heterocycles. The van der Waals surface area contributed by atoms with Gasteiger partial charge < -0.3 is 14.2 Å². The Morgan fingerprint density at radius 1 is 0.912 bits per heavy atom. The van der Waals surface area contributed by atoms with E-state index in [4.69, 9.17) is 49.0 Å². The summed E-state index contributed by atoms with van der Waals surface area (Å²) in [6.45, 7) is 0. The zero-order valence-electron chi connectivity index (χ0n) is 18.2. The van der Waals surface area contributed by atoms with Gasteiger partial charge in [-0.2, -0.15) is 0 Å². The topological polar surface area (TPSA) is 70.5 Å². The number of ether oxygens (including phenoxy) is 3. The van der Waals surface area contributed by atoms with Gasteiger partial charge in [-0.25, -0.2) is 9.78 Å². The maximum atomic E-state index is 13.1. The van der Waals surface area contributed by atoms with Crippen LogP contribution in [0, 0.1) is 0 Å². The molecule has 0 aliphatic rings. The third-order valence-electron chi connectivity index (χ3n) is 5.30. The van der Waals surface area contributed by atoms with Crippen molar-refractivity contribution >= 4 is 51.7 Å². The molecule has 2 aromatic carbocycles. The lowest BCUT2D eigenvalue weighted by atomic mass is 9.97. The Morgan fingerprint density at radius 3 is 2.26 bits per heavy atom. The van der Waals surface area contributed by atoms with E-state index in [2.05, 4.69) is 9.97 Å². The molecule has 9 heteroatoms. The van der Waals surface area contributed by atoms with Gasteiger partial charge in [-0.05, 0) is 48.0 Å². The summed E-state index contributed by atoms with van der Waals surface area (Å²) in [4.78, 5) is 21.5. The van der Waals surface area contributed by atoms with E-state index in [1.54, 1.807) is 50.6 Å². The first kappa shape index (κ1) is 24.1. The molecule has 0 saturated carbocycles. The average molecular weight is 518 g/mol. The number of rotatable bonds is 7. The molecule has 1 atom stereocenters. The highest BCUT2D eigenvalue weighted by Gasteiger charge is 2.24. The van der Waals surface area contributed by atoms with Crippen molar-refractivity contribution in [2.45, 2.75) is 12.5 Å². The monoisotopic (exact) mass is 516 g/mol. The number of benzene rings is 2. The van der Waals surface area contributed by atoms with Crippen LogP contribution in [-0.4, -0.2) is 30.2 Å². The van der Waals surface area contributed by atoms with Crippen molar-refractivity contribution in [1.29, 1.82) is 0 Å². The van der Waals surface area contributed by atoms with E-state index in [0.29, 0.717) is 48.9 Å². The molecular weight excluding hydrogens is 499 g/mol. The van der Waals surface area contributed by atoms with Crippen LogP contribution in [0.5, 0.6) is 11.5 Å². The van der Waals surface area contributed by atoms with Crippen molar-refractivity contribution in [2.24, 2.45) is 0 Å². The molecule has 0 bridgehead atoms. The fraction of sp³-hybridized carbons (Fsp3) is 0.160. The summed E-state index contributed by atoms with van der Waals surface area (Å²) in [5.74, 6) is 0.661. The Hall–Kier alpha value is -3.06. The number of nitrogens with zero attached hydrogens (tertiary/aromatic N) is 2. The van der Waals surface area contributed by atoms with Crippen LogP contribution in [-0.2, 0) is 11.2 Å². The number of carbonyl (C=O) groups excluding carboxylic acids is 1. The molecule has 0 aliphatic heterocycles. The highest BCUT2D eigenvalue weighted by atomic mass is 35.5. The number of pyridine rings is 2. The lowest BCUT2D eigenvalue weighted by Crippen LogP contribution is -2.15. The van der Waals surface area contributed by atoms with E-state index in [0.717, 1.165) is 5.39 Å². The van der Waals surface area contributed by atoms with Crippen molar-refractivity contribution < 1.29 is 19.0 Å². The molecule has 1 unspecified atom stereocenters. The quantitative estimate of drug-likeness (QED) is 0.199. The molecule has 2 heterocycles. The predicted octanol–water partition coefficient (Wildman–Crippen LogP) is 6.75. The van der Waals surface area contributed by atoms with Crippen molar-refractivity contribution in [2.75, 3.05) is 14.2 Å². The second-order valence-electron chi connectivity index (χ2n) is 7.30. The van der Waals surface area contributed by atoms with E-state index >= 15 is 0 Å². The molecule has 4 rings (SSSR count). The molecule has 4 aromatic rings. The first-order valence-corrected chi connectivity index (χ1v) is 11.3. The summed E-state index contributed by atoms with van der Waals surface area (Å²) in [6.07, 6.45) is 2.46. The van der Waals surface area contributed by atoms with Crippen LogP contribution in [0.15, 0.2) is 60.9 Å². The molecule has 0 aliphatic carbocycles. The fourth-order valence-corrected chi connectivity index (χ4v) is 4.26. The minimum atomic E-state index is -0.747. The standard InChI is InChI=1S/C25H19Cl3N2O4/c1-32-15-5-3-14(4-6-15)25(31)34-22(11-18-19(26)12-29-13-20(18)27)16-7-9-21(33-2)24-17(16)8-10-23(28)30-24/h3-10,12-13,22H,11H2,1-2H3. The molecule has 6 nitrogen and oxygen atoms in total. The molecule has 0 amide bonds. The van der Waals surface area contributed by atoms with Gasteiger partial charge >= 0.3 is 5.97 Å². The Morgan fingerprint density at radius 2 is 1.62 bits per heavy atom. The third kappa shape index (κ3) is 5.04.